The summed E-state index contributed by atoms with van der Waals surface area (Å²) in [6, 6.07) is 0. The molecule has 5 amide bonds. The van der Waals surface area contributed by atoms with Gasteiger partial charge in [-0.2, -0.15) is 0 Å². The van der Waals surface area contributed by atoms with Gasteiger partial charge in [-0.1, -0.05) is 39.5 Å². The summed E-state index contributed by atoms with van der Waals surface area (Å²) >= 11 is 0. The fraction of sp³-hybridized carbons (Fsp3) is 0.432. The van der Waals surface area contributed by atoms with E-state index in [-0.39, 0.29) is 71.5 Å². The average Bonchev–Trinajstić information content (AvgIpc) is 3.24. The van der Waals surface area contributed by atoms with Crippen molar-refractivity contribution >= 4 is 54.3 Å². The molecular weight excluding hydrogens is 818 g/mol. The number of hydrogen-bond donors (Lipinski definition) is 5. The van der Waals surface area contributed by atoms with Gasteiger partial charge in [-0.05, 0) is 13.0 Å². The van der Waals surface area contributed by atoms with Crippen molar-refractivity contribution in [3.05, 3.63) is 75.6 Å². The molecule has 0 rings (SSSR count). The molecule has 0 aromatic heterocycles. The molecule has 0 aliphatic carbocycles. The Labute approximate surface area is 350 Å². The number of carbonyl (C=O) groups excluding carboxylic acids is 9. The molecular formula is C37H51N5O19. The number of rotatable bonds is 30. The molecule has 24 nitrogen and oxygen atoms in total. The monoisotopic (exact) mass is 869 g/mol. The number of carbonyl (C=O) groups is 9. The SMILES string of the molecule is C=CC(=C)OCCNC(=O)OC(C(C)OC(=O)NCCOC(=O)C=C)C(OC(=O)NCCOC(=O)C=C)C(COC(=O)NCCOC(=O)C=C)OC(=O)NCCOC(=O)C=C. The van der Waals surface area contributed by atoms with Crippen molar-refractivity contribution in [2.24, 2.45) is 0 Å². The number of hydrogen-bond acceptors (Lipinski definition) is 19. The maximum atomic E-state index is 13.2. The first-order valence-corrected chi connectivity index (χ1v) is 17.9. The number of esters is 4. The van der Waals surface area contributed by atoms with Crippen molar-refractivity contribution in [2.75, 3.05) is 72.4 Å². The fourth-order valence-electron chi connectivity index (χ4n) is 3.83. The van der Waals surface area contributed by atoms with Crippen molar-refractivity contribution < 1.29 is 90.5 Å². The second kappa shape index (κ2) is 32.4. The van der Waals surface area contributed by atoms with Crippen LogP contribution in [0.3, 0.4) is 0 Å². The number of alkyl carbamates (subject to hydrolysis) is 5. The normalized spacial score (nSPS) is 11.8. The highest BCUT2D eigenvalue weighted by Gasteiger charge is 2.44. The highest BCUT2D eigenvalue weighted by molar-refractivity contribution is 5.82. The third-order valence-corrected chi connectivity index (χ3v) is 6.59. The lowest BCUT2D eigenvalue weighted by atomic mass is 10.0. The van der Waals surface area contributed by atoms with E-state index in [0.717, 1.165) is 24.3 Å². The van der Waals surface area contributed by atoms with Crippen LogP contribution < -0.4 is 26.6 Å². The zero-order chi connectivity index (χ0) is 46.0. The summed E-state index contributed by atoms with van der Waals surface area (Å²) in [5.41, 5.74) is 0. The van der Waals surface area contributed by atoms with E-state index in [1.807, 2.05) is 0 Å². The van der Waals surface area contributed by atoms with E-state index >= 15 is 0 Å². The highest BCUT2D eigenvalue weighted by Crippen LogP contribution is 2.20. The van der Waals surface area contributed by atoms with E-state index in [1.165, 1.54) is 13.0 Å². The Balaban J connectivity index is 6.82. The van der Waals surface area contributed by atoms with Crippen molar-refractivity contribution in [3.8, 4) is 0 Å². The second-order valence-corrected chi connectivity index (χ2v) is 11.0. The molecule has 0 saturated carbocycles. The summed E-state index contributed by atoms with van der Waals surface area (Å²) in [6.45, 7) is 17.4. The maximum absolute atomic E-state index is 13.2. The van der Waals surface area contributed by atoms with Crippen LogP contribution in [0.15, 0.2) is 75.6 Å². The third kappa shape index (κ3) is 26.9. The first-order valence-electron chi connectivity index (χ1n) is 17.9. The molecule has 5 N–H and O–H groups in total. The molecule has 0 radical (unpaired) electrons. The van der Waals surface area contributed by atoms with E-state index in [4.69, 9.17) is 47.4 Å². The summed E-state index contributed by atoms with van der Waals surface area (Å²) in [5, 5.41) is 11.4. The van der Waals surface area contributed by atoms with Gasteiger partial charge in [-0.3, -0.25) is 0 Å². The largest absolute Gasteiger partial charge is 0.492 e. The van der Waals surface area contributed by atoms with E-state index in [0.29, 0.717) is 0 Å². The highest BCUT2D eigenvalue weighted by atomic mass is 16.7. The van der Waals surface area contributed by atoms with Crippen molar-refractivity contribution in [2.45, 2.75) is 31.3 Å². The van der Waals surface area contributed by atoms with Gasteiger partial charge < -0.3 is 74.0 Å². The molecule has 4 unspecified atom stereocenters. The lowest BCUT2D eigenvalue weighted by Gasteiger charge is -2.34. The first-order chi connectivity index (χ1) is 29.1. The standard InChI is InChI=1S/C37H51N5O19/c1-8-24(6)52-18-13-41-36(50)60-31(25(7)58-34(48)39-15-20-54-28(44)10-3)32(61-37(51)42-17-22-56-30(46)12-5)26(59-35(49)40-16-21-55-29(45)11-4)23-57-33(47)38-14-19-53-27(43)9-2/h8-12,25-26,31-32H,1-6,13-23H2,7H3,(H,38,47)(H,39,48)(H,40,49)(H,41,50)(H,42,51). The zero-order valence-electron chi connectivity index (χ0n) is 33.5. The molecule has 0 aliphatic rings. The average molecular weight is 870 g/mol. The van der Waals surface area contributed by atoms with E-state index < -0.39 is 85.4 Å². The number of ether oxygens (including phenoxy) is 10. The van der Waals surface area contributed by atoms with Crippen LogP contribution in [-0.2, 0) is 66.5 Å². The van der Waals surface area contributed by atoms with Crippen molar-refractivity contribution in [1.29, 1.82) is 0 Å². The molecule has 338 valence electrons. The Kier molecular flexibility index (Phi) is 28.4. The van der Waals surface area contributed by atoms with Gasteiger partial charge in [0.1, 0.15) is 51.5 Å². The van der Waals surface area contributed by atoms with Gasteiger partial charge in [0.15, 0.2) is 18.3 Å². The Bertz CT molecular complexity index is 1570. The van der Waals surface area contributed by atoms with Gasteiger partial charge in [0.2, 0.25) is 0 Å². The fourth-order valence-corrected chi connectivity index (χ4v) is 3.83. The van der Waals surface area contributed by atoms with Gasteiger partial charge in [0.05, 0.1) is 32.7 Å². The molecule has 0 aliphatic heterocycles. The van der Waals surface area contributed by atoms with Crippen LogP contribution in [-0.4, -0.2) is 151 Å². The Morgan fingerprint density at radius 3 is 1.13 bits per heavy atom. The number of amides is 5. The van der Waals surface area contributed by atoms with Crippen LogP contribution in [0.1, 0.15) is 6.92 Å². The van der Waals surface area contributed by atoms with Crippen LogP contribution in [0.5, 0.6) is 0 Å². The summed E-state index contributed by atoms with van der Waals surface area (Å²) in [4.78, 5) is 111. The van der Waals surface area contributed by atoms with Gasteiger partial charge in [-0.25, -0.2) is 43.2 Å². The van der Waals surface area contributed by atoms with Crippen LogP contribution in [0, 0.1) is 0 Å². The summed E-state index contributed by atoms with van der Waals surface area (Å²) < 4.78 is 51.6. The first kappa shape index (κ1) is 53.5. The molecule has 0 saturated heterocycles. The van der Waals surface area contributed by atoms with Gasteiger partial charge in [0, 0.05) is 24.3 Å². The minimum absolute atomic E-state index is 0.127. The van der Waals surface area contributed by atoms with Crippen LogP contribution in [0.25, 0.3) is 0 Å². The third-order valence-electron chi connectivity index (χ3n) is 6.59. The topological polar surface area (TPSA) is 306 Å². The minimum atomic E-state index is -2.04. The number of allylic oxidation sites excluding steroid dienone is 1. The van der Waals surface area contributed by atoms with Gasteiger partial charge in [-0.15, -0.1) is 0 Å². The van der Waals surface area contributed by atoms with E-state index in [2.05, 4.69) is 66.1 Å². The van der Waals surface area contributed by atoms with E-state index in [9.17, 15) is 43.2 Å². The van der Waals surface area contributed by atoms with Gasteiger partial charge in [0.25, 0.3) is 0 Å². The zero-order valence-corrected chi connectivity index (χ0v) is 33.5. The Morgan fingerprint density at radius 2 is 0.754 bits per heavy atom. The molecule has 0 aromatic rings. The van der Waals surface area contributed by atoms with Crippen LogP contribution in [0.2, 0.25) is 0 Å². The quantitative estimate of drug-likeness (QED) is 0.0166. The number of nitrogens with one attached hydrogen (secondary N) is 5. The molecule has 61 heavy (non-hydrogen) atoms. The molecule has 4 atom stereocenters. The lowest BCUT2D eigenvalue weighted by molar-refractivity contribution is -0.138. The maximum Gasteiger partial charge on any atom is 0.407 e. The van der Waals surface area contributed by atoms with Crippen LogP contribution >= 0.6 is 0 Å². The second-order valence-electron chi connectivity index (χ2n) is 11.0. The molecule has 0 fully saturated rings. The Morgan fingerprint density at radius 1 is 0.426 bits per heavy atom. The summed E-state index contributed by atoms with van der Waals surface area (Å²) in [6.07, 6.45) is -8.87. The molecule has 0 spiro atoms. The Hall–Kier alpha value is -7.53. The van der Waals surface area contributed by atoms with Gasteiger partial charge >= 0.3 is 54.3 Å². The van der Waals surface area contributed by atoms with Crippen molar-refractivity contribution in [1.82, 2.24) is 26.6 Å². The van der Waals surface area contributed by atoms with Crippen LogP contribution in [0.4, 0.5) is 24.0 Å². The lowest BCUT2D eigenvalue weighted by Crippen LogP contribution is -2.55. The molecule has 0 heterocycles. The summed E-state index contributed by atoms with van der Waals surface area (Å²) in [5.74, 6) is -3.01. The minimum Gasteiger partial charge on any atom is -0.492 e. The predicted molar refractivity (Wildman–Crippen MR) is 208 cm³/mol. The molecule has 24 heteroatoms. The summed E-state index contributed by atoms with van der Waals surface area (Å²) in [7, 11) is 0. The van der Waals surface area contributed by atoms with E-state index in [1.54, 1.807) is 0 Å². The predicted octanol–water partition coefficient (Wildman–Crippen LogP) is 0.745. The molecule has 0 bridgehead atoms. The van der Waals surface area contributed by atoms with Crippen molar-refractivity contribution in [3.63, 3.8) is 0 Å². The smallest absolute Gasteiger partial charge is 0.407 e. The molecule has 0 aromatic carbocycles.